The first-order valence-electron chi connectivity index (χ1n) is 4.72. The quantitative estimate of drug-likeness (QED) is 0.824. The van der Waals surface area contributed by atoms with Crippen molar-refractivity contribution in [3.63, 3.8) is 0 Å². The number of methoxy groups -OCH3 is 1. The third-order valence-corrected chi connectivity index (χ3v) is 2.92. The fraction of sp³-hybridized carbons (Fsp3) is 0.273. The fourth-order valence-corrected chi connectivity index (χ4v) is 2.06. The van der Waals surface area contributed by atoms with Gasteiger partial charge in [-0.2, -0.15) is 0 Å². The van der Waals surface area contributed by atoms with E-state index in [9.17, 15) is 0 Å². The molecule has 80 valence electrons. The van der Waals surface area contributed by atoms with Crippen molar-refractivity contribution in [1.82, 2.24) is 4.98 Å². The summed E-state index contributed by atoms with van der Waals surface area (Å²) in [6.07, 6.45) is 0. The normalized spacial score (nSPS) is 10.9. The molecule has 2 aromatic rings. The van der Waals surface area contributed by atoms with E-state index in [1.165, 1.54) is 0 Å². The zero-order valence-electron chi connectivity index (χ0n) is 8.73. The lowest BCUT2D eigenvalue weighted by Gasteiger charge is -2.04. The Bertz CT molecular complexity index is 505. The number of halogens is 1. The van der Waals surface area contributed by atoms with E-state index in [-0.39, 0.29) is 0 Å². The zero-order valence-corrected chi connectivity index (χ0v) is 9.48. The number of aromatic amines is 1. The molecule has 0 bridgehead atoms. The first kappa shape index (κ1) is 10.3. The van der Waals surface area contributed by atoms with Gasteiger partial charge in [-0.25, -0.2) is 0 Å². The molecule has 3 N–H and O–H groups in total. The minimum Gasteiger partial charge on any atom is -0.496 e. The van der Waals surface area contributed by atoms with Gasteiger partial charge in [-0.05, 0) is 24.6 Å². The first-order valence-corrected chi connectivity index (χ1v) is 5.10. The highest BCUT2D eigenvalue weighted by atomic mass is 35.5. The monoisotopic (exact) mass is 224 g/mol. The molecule has 15 heavy (non-hydrogen) atoms. The Kier molecular flexibility index (Phi) is 2.59. The third kappa shape index (κ3) is 1.48. The van der Waals surface area contributed by atoms with Gasteiger partial charge in [0.25, 0.3) is 0 Å². The van der Waals surface area contributed by atoms with Gasteiger partial charge in [-0.3, -0.25) is 0 Å². The summed E-state index contributed by atoms with van der Waals surface area (Å²) < 4.78 is 5.30. The summed E-state index contributed by atoms with van der Waals surface area (Å²) in [5.41, 5.74) is 8.71. The van der Waals surface area contributed by atoms with Gasteiger partial charge in [-0.1, -0.05) is 11.6 Å². The van der Waals surface area contributed by atoms with Crippen LogP contribution in [-0.4, -0.2) is 12.1 Å². The van der Waals surface area contributed by atoms with E-state index in [2.05, 4.69) is 4.98 Å². The van der Waals surface area contributed by atoms with Gasteiger partial charge < -0.3 is 15.5 Å². The summed E-state index contributed by atoms with van der Waals surface area (Å²) in [4.78, 5) is 3.23. The van der Waals surface area contributed by atoms with Crippen LogP contribution < -0.4 is 10.5 Å². The number of hydrogen-bond donors (Lipinski definition) is 2. The van der Waals surface area contributed by atoms with Crippen LogP contribution in [0.1, 0.15) is 11.3 Å². The molecule has 1 heterocycles. The van der Waals surface area contributed by atoms with Gasteiger partial charge >= 0.3 is 0 Å². The fourth-order valence-electron chi connectivity index (χ4n) is 1.86. The van der Waals surface area contributed by atoms with Crippen molar-refractivity contribution in [2.75, 3.05) is 7.11 Å². The third-order valence-electron chi connectivity index (χ3n) is 2.61. The number of aromatic nitrogens is 1. The van der Waals surface area contributed by atoms with E-state index in [1.54, 1.807) is 7.11 Å². The lowest BCUT2D eigenvalue weighted by atomic mass is 10.1. The number of rotatable bonds is 2. The highest BCUT2D eigenvalue weighted by Gasteiger charge is 2.13. The van der Waals surface area contributed by atoms with Gasteiger partial charge in [-0.15, -0.1) is 0 Å². The molecule has 0 unspecified atom stereocenters. The SMILES string of the molecule is COc1ccc(Cl)c2[nH]c(C)c(CN)c12. The topological polar surface area (TPSA) is 51.0 Å². The van der Waals surface area contributed by atoms with Crippen molar-refractivity contribution in [1.29, 1.82) is 0 Å². The lowest BCUT2D eigenvalue weighted by Crippen LogP contribution is -1.97. The molecule has 0 aliphatic carbocycles. The summed E-state index contributed by atoms with van der Waals surface area (Å²) in [7, 11) is 1.64. The van der Waals surface area contributed by atoms with Crippen LogP contribution in [0.2, 0.25) is 5.02 Å². The molecule has 1 aromatic heterocycles. The molecule has 0 aliphatic heterocycles. The van der Waals surface area contributed by atoms with Crippen molar-refractivity contribution in [2.45, 2.75) is 13.5 Å². The van der Waals surface area contributed by atoms with E-state index in [0.29, 0.717) is 11.6 Å². The number of H-pyrrole nitrogens is 1. The zero-order chi connectivity index (χ0) is 11.0. The van der Waals surface area contributed by atoms with Crippen molar-refractivity contribution >= 4 is 22.5 Å². The van der Waals surface area contributed by atoms with Crippen LogP contribution >= 0.6 is 11.6 Å². The molecule has 2 rings (SSSR count). The maximum Gasteiger partial charge on any atom is 0.128 e. The second-order valence-electron chi connectivity index (χ2n) is 3.43. The van der Waals surface area contributed by atoms with E-state index in [1.807, 2.05) is 19.1 Å². The predicted molar refractivity (Wildman–Crippen MR) is 62.5 cm³/mol. The average Bonchev–Trinajstić information content (AvgIpc) is 2.56. The van der Waals surface area contributed by atoms with Crippen LogP contribution in [0, 0.1) is 6.92 Å². The van der Waals surface area contributed by atoms with Crippen molar-refractivity contribution in [3.05, 3.63) is 28.4 Å². The molecule has 0 radical (unpaired) electrons. The maximum absolute atomic E-state index is 6.10. The van der Waals surface area contributed by atoms with E-state index in [4.69, 9.17) is 22.1 Å². The molecule has 3 nitrogen and oxygen atoms in total. The molecular weight excluding hydrogens is 212 g/mol. The number of fused-ring (bicyclic) bond motifs is 1. The van der Waals surface area contributed by atoms with Crippen molar-refractivity contribution < 1.29 is 4.74 Å². The minimum absolute atomic E-state index is 0.475. The highest BCUT2D eigenvalue weighted by molar-refractivity contribution is 6.35. The van der Waals surface area contributed by atoms with E-state index < -0.39 is 0 Å². The van der Waals surface area contributed by atoms with Gasteiger partial charge in [0.15, 0.2) is 0 Å². The summed E-state index contributed by atoms with van der Waals surface area (Å²) in [5.74, 6) is 0.805. The van der Waals surface area contributed by atoms with E-state index >= 15 is 0 Å². The van der Waals surface area contributed by atoms with Gasteiger partial charge in [0.2, 0.25) is 0 Å². The van der Waals surface area contributed by atoms with Crippen LogP contribution in [0.25, 0.3) is 10.9 Å². The number of ether oxygens (including phenoxy) is 1. The van der Waals surface area contributed by atoms with Gasteiger partial charge in [0, 0.05) is 17.6 Å². The van der Waals surface area contributed by atoms with Crippen LogP contribution in [0.5, 0.6) is 5.75 Å². The average molecular weight is 225 g/mol. The van der Waals surface area contributed by atoms with Crippen molar-refractivity contribution in [3.8, 4) is 5.75 Å². The number of nitrogens with one attached hydrogen (secondary N) is 1. The van der Waals surface area contributed by atoms with E-state index in [0.717, 1.165) is 27.9 Å². The first-order chi connectivity index (χ1) is 7.19. The second-order valence-corrected chi connectivity index (χ2v) is 3.84. The largest absolute Gasteiger partial charge is 0.496 e. The van der Waals surface area contributed by atoms with Gasteiger partial charge in [0.05, 0.1) is 17.6 Å². The molecule has 0 saturated carbocycles. The molecule has 0 spiro atoms. The van der Waals surface area contributed by atoms with Crippen LogP contribution in [0.4, 0.5) is 0 Å². The van der Waals surface area contributed by atoms with Crippen molar-refractivity contribution in [2.24, 2.45) is 5.73 Å². The van der Waals surface area contributed by atoms with Crippen LogP contribution in [0.3, 0.4) is 0 Å². The minimum atomic E-state index is 0.475. The Balaban J connectivity index is 2.88. The smallest absolute Gasteiger partial charge is 0.128 e. The number of hydrogen-bond acceptors (Lipinski definition) is 2. The summed E-state index contributed by atoms with van der Waals surface area (Å²) >= 11 is 6.10. The Morgan fingerprint density at radius 1 is 1.47 bits per heavy atom. The Morgan fingerprint density at radius 3 is 2.80 bits per heavy atom. The summed E-state index contributed by atoms with van der Waals surface area (Å²) in [6.45, 7) is 2.46. The predicted octanol–water partition coefficient (Wildman–Crippen LogP) is 2.60. The molecule has 1 aromatic carbocycles. The number of aryl methyl sites for hydroxylation is 1. The lowest BCUT2D eigenvalue weighted by molar-refractivity contribution is 0.419. The summed E-state index contributed by atoms with van der Waals surface area (Å²) in [6, 6.07) is 3.68. The summed E-state index contributed by atoms with van der Waals surface area (Å²) in [5, 5.41) is 1.68. The number of nitrogens with two attached hydrogens (primary N) is 1. The van der Waals surface area contributed by atoms with Crippen LogP contribution in [-0.2, 0) is 6.54 Å². The maximum atomic E-state index is 6.10. The standard InChI is InChI=1S/C11H13ClN2O/c1-6-7(5-13)10-9(15-2)4-3-8(12)11(10)14-6/h3-4,14H,5,13H2,1-2H3. The molecule has 0 atom stereocenters. The second kappa shape index (κ2) is 3.76. The molecule has 0 fully saturated rings. The highest BCUT2D eigenvalue weighted by Crippen LogP contribution is 2.34. The molecular formula is C11H13ClN2O. The Hall–Kier alpha value is -1.19. The number of benzene rings is 1. The Labute approximate surface area is 93.2 Å². The molecule has 0 saturated heterocycles. The van der Waals surface area contributed by atoms with Gasteiger partial charge in [0.1, 0.15) is 5.75 Å². The molecule has 0 aliphatic rings. The molecule has 0 amide bonds. The molecule has 4 heteroatoms. The van der Waals surface area contributed by atoms with Crippen LogP contribution in [0.15, 0.2) is 12.1 Å². The Morgan fingerprint density at radius 2 is 2.20 bits per heavy atom.